The molecule has 7 nitrogen and oxygen atoms in total. The molecule has 2 heterocycles. The predicted molar refractivity (Wildman–Crippen MR) is 68.2 cm³/mol. The van der Waals surface area contributed by atoms with Crippen molar-refractivity contribution in [1.29, 1.82) is 0 Å². The first-order chi connectivity index (χ1) is 9.13. The average Bonchev–Trinajstić information content (AvgIpc) is 2.39. The van der Waals surface area contributed by atoms with E-state index in [1.165, 1.54) is 6.33 Å². The summed E-state index contributed by atoms with van der Waals surface area (Å²) in [6.45, 7) is 3.67. The lowest BCUT2D eigenvalue weighted by molar-refractivity contribution is 0.0526. The summed E-state index contributed by atoms with van der Waals surface area (Å²) in [6.07, 6.45) is 2.97. The minimum absolute atomic E-state index is 0.0829. The largest absolute Gasteiger partial charge is 0.462 e. The lowest BCUT2D eigenvalue weighted by Gasteiger charge is -2.09. The molecule has 0 saturated heterocycles. The van der Waals surface area contributed by atoms with Gasteiger partial charge in [-0.1, -0.05) is 0 Å². The molecule has 0 amide bonds. The summed E-state index contributed by atoms with van der Waals surface area (Å²) in [5, 5.41) is 0. The normalized spacial score (nSPS) is 10.2. The second-order valence-electron chi connectivity index (χ2n) is 3.71. The number of nitrogens with two attached hydrogens (primary N) is 1. The molecule has 0 aliphatic heterocycles. The number of carbonyl (C=O) groups is 1. The van der Waals surface area contributed by atoms with Crippen LogP contribution in [0.1, 0.15) is 23.0 Å². The molecule has 0 unspecified atom stereocenters. The summed E-state index contributed by atoms with van der Waals surface area (Å²) in [6, 6.07) is 1.66. The van der Waals surface area contributed by atoms with E-state index in [-0.39, 0.29) is 18.0 Å². The SMILES string of the molecule is CCOC(=O)c1c(C)nc(-c2ccncn2)nc1N. The molecule has 2 N–H and O–H groups in total. The molecule has 0 aliphatic carbocycles. The van der Waals surface area contributed by atoms with Gasteiger partial charge < -0.3 is 10.5 Å². The van der Waals surface area contributed by atoms with E-state index in [0.717, 1.165) is 0 Å². The van der Waals surface area contributed by atoms with Crippen LogP contribution in [0.3, 0.4) is 0 Å². The topological polar surface area (TPSA) is 104 Å². The van der Waals surface area contributed by atoms with E-state index in [1.807, 2.05) is 0 Å². The van der Waals surface area contributed by atoms with E-state index in [1.54, 1.807) is 26.1 Å². The first-order valence-corrected chi connectivity index (χ1v) is 5.71. The number of hydrogen-bond donors (Lipinski definition) is 1. The van der Waals surface area contributed by atoms with Gasteiger partial charge in [0, 0.05) is 6.20 Å². The molecule has 2 aromatic heterocycles. The summed E-state index contributed by atoms with van der Waals surface area (Å²) in [7, 11) is 0. The van der Waals surface area contributed by atoms with Crippen molar-refractivity contribution in [3.8, 4) is 11.5 Å². The summed E-state index contributed by atoms with van der Waals surface area (Å²) < 4.78 is 4.91. The number of anilines is 1. The first-order valence-electron chi connectivity index (χ1n) is 5.71. The van der Waals surface area contributed by atoms with Crippen molar-refractivity contribution < 1.29 is 9.53 Å². The monoisotopic (exact) mass is 259 g/mol. The van der Waals surface area contributed by atoms with Crippen LogP contribution in [-0.4, -0.2) is 32.5 Å². The maximum Gasteiger partial charge on any atom is 0.343 e. The Morgan fingerprint density at radius 2 is 2.21 bits per heavy atom. The van der Waals surface area contributed by atoms with Crippen LogP contribution >= 0.6 is 0 Å². The van der Waals surface area contributed by atoms with Crippen LogP contribution in [0.5, 0.6) is 0 Å². The Labute approximate surface area is 109 Å². The predicted octanol–water partition coefficient (Wildman–Crippen LogP) is 1.00. The number of nitrogen functional groups attached to an aromatic ring is 1. The van der Waals surface area contributed by atoms with Gasteiger partial charge in [0.25, 0.3) is 0 Å². The summed E-state index contributed by atoms with van der Waals surface area (Å²) >= 11 is 0. The van der Waals surface area contributed by atoms with Crippen LogP contribution in [0.2, 0.25) is 0 Å². The zero-order valence-corrected chi connectivity index (χ0v) is 10.6. The smallest absolute Gasteiger partial charge is 0.343 e. The third kappa shape index (κ3) is 2.65. The van der Waals surface area contributed by atoms with E-state index in [0.29, 0.717) is 17.2 Å². The fraction of sp³-hybridized carbons (Fsp3) is 0.250. The number of aryl methyl sites for hydroxylation is 1. The number of aromatic nitrogens is 4. The summed E-state index contributed by atoms with van der Waals surface area (Å²) in [5.74, 6) is -0.0863. The average molecular weight is 259 g/mol. The second-order valence-corrected chi connectivity index (χ2v) is 3.71. The van der Waals surface area contributed by atoms with Crippen LogP contribution in [-0.2, 0) is 4.74 Å². The summed E-state index contributed by atoms with van der Waals surface area (Å²) in [4.78, 5) is 27.9. The van der Waals surface area contributed by atoms with Crippen molar-refractivity contribution in [2.75, 3.05) is 12.3 Å². The van der Waals surface area contributed by atoms with E-state index in [4.69, 9.17) is 10.5 Å². The van der Waals surface area contributed by atoms with Crippen molar-refractivity contribution in [1.82, 2.24) is 19.9 Å². The molecular formula is C12H13N5O2. The highest BCUT2D eigenvalue weighted by Crippen LogP contribution is 2.19. The Kier molecular flexibility index (Phi) is 3.65. The maximum atomic E-state index is 11.7. The molecule has 0 saturated carbocycles. The van der Waals surface area contributed by atoms with Crippen LogP contribution in [0.4, 0.5) is 5.82 Å². The molecule has 19 heavy (non-hydrogen) atoms. The number of hydrogen-bond acceptors (Lipinski definition) is 7. The lowest BCUT2D eigenvalue weighted by Crippen LogP contribution is -2.13. The zero-order valence-electron chi connectivity index (χ0n) is 10.6. The van der Waals surface area contributed by atoms with E-state index in [2.05, 4.69) is 19.9 Å². The van der Waals surface area contributed by atoms with Gasteiger partial charge in [-0.2, -0.15) is 0 Å². The molecule has 98 valence electrons. The van der Waals surface area contributed by atoms with Gasteiger partial charge in [0.05, 0.1) is 12.3 Å². The van der Waals surface area contributed by atoms with Gasteiger partial charge in [0.1, 0.15) is 23.4 Å². The molecule has 7 heteroatoms. The highest BCUT2D eigenvalue weighted by Gasteiger charge is 2.18. The zero-order chi connectivity index (χ0) is 13.8. The quantitative estimate of drug-likeness (QED) is 0.820. The van der Waals surface area contributed by atoms with Gasteiger partial charge in [-0.15, -0.1) is 0 Å². The lowest BCUT2D eigenvalue weighted by atomic mass is 10.2. The molecule has 0 atom stereocenters. The molecular weight excluding hydrogens is 246 g/mol. The van der Waals surface area contributed by atoms with Crippen molar-refractivity contribution in [2.24, 2.45) is 0 Å². The van der Waals surface area contributed by atoms with Gasteiger partial charge in [-0.3, -0.25) is 0 Å². The standard InChI is InChI=1S/C12H13N5O2/c1-3-19-12(18)9-7(2)16-11(17-10(9)13)8-4-5-14-6-15-8/h4-6H,3H2,1-2H3,(H2,13,16,17). The molecule has 0 aromatic carbocycles. The van der Waals surface area contributed by atoms with Crippen LogP contribution in [0.15, 0.2) is 18.6 Å². The number of rotatable bonds is 3. The van der Waals surface area contributed by atoms with Gasteiger partial charge in [0.15, 0.2) is 5.82 Å². The molecule has 0 aliphatic rings. The van der Waals surface area contributed by atoms with Gasteiger partial charge in [0.2, 0.25) is 0 Å². The number of carbonyl (C=O) groups excluding carboxylic acids is 1. The fourth-order valence-corrected chi connectivity index (χ4v) is 1.59. The van der Waals surface area contributed by atoms with E-state index in [9.17, 15) is 4.79 Å². The Balaban J connectivity index is 2.45. The van der Waals surface area contributed by atoms with Gasteiger partial charge in [-0.05, 0) is 19.9 Å². The van der Waals surface area contributed by atoms with Crippen molar-refractivity contribution in [3.05, 3.63) is 29.8 Å². The number of nitrogens with zero attached hydrogens (tertiary/aromatic N) is 4. The van der Waals surface area contributed by atoms with Crippen LogP contribution < -0.4 is 5.73 Å². The molecule has 0 radical (unpaired) electrons. The van der Waals surface area contributed by atoms with E-state index < -0.39 is 5.97 Å². The third-order valence-electron chi connectivity index (χ3n) is 2.41. The minimum Gasteiger partial charge on any atom is -0.462 e. The third-order valence-corrected chi connectivity index (χ3v) is 2.41. The molecule has 2 rings (SSSR count). The van der Waals surface area contributed by atoms with Gasteiger partial charge in [-0.25, -0.2) is 24.7 Å². The summed E-state index contributed by atoms with van der Waals surface area (Å²) in [5.41, 5.74) is 6.99. The van der Waals surface area contributed by atoms with Gasteiger partial charge >= 0.3 is 5.97 Å². The highest BCUT2D eigenvalue weighted by molar-refractivity contribution is 5.95. The maximum absolute atomic E-state index is 11.7. The number of ether oxygens (including phenoxy) is 1. The second kappa shape index (κ2) is 5.38. The van der Waals surface area contributed by atoms with Crippen molar-refractivity contribution in [3.63, 3.8) is 0 Å². The fourth-order valence-electron chi connectivity index (χ4n) is 1.59. The number of esters is 1. The molecule has 0 spiro atoms. The Morgan fingerprint density at radius 1 is 1.42 bits per heavy atom. The van der Waals surface area contributed by atoms with Crippen LogP contribution in [0, 0.1) is 6.92 Å². The molecule has 0 fully saturated rings. The Bertz CT molecular complexity index is 577. The highest BCUT2D eigenvalue weighted by atomic mass is 16.5. The minimum atomic E-state index is -0.522. The van der Waals surface area contributed by atoms with Crippen molar-refractivity contribution in [2.45, 2.75) is 13.8 Å². The Morgan fingerprint density at radius 3 is 2.79 bits per heavy atom. The van der Waals surface area contributed by atoms with Crippen LogP contribution in [0.25, 0.3) is 11.5 Å². The van der Waals surface area contributed by atoms with E-state index >= 15 is 0 Å². The first kappa shape index (κ1) is 12.9. The Hall–Kier alpha value is -2.57. The van der Waals surface area contributed by atoms with Crippen molar-refractivity contribution >= 4 is 11.8 Å². The molecule has 2 aromatic rings. The molecule has 0 bridgehead atoms.